The highest BCUT2D eigenvalue weighted by atomic mass is 32.2. The van der Waals surface area contributed by atoms with Crippen LogP contribution in [0.1, 0.15) is 46.0 Å². The first-order valence-corrected chi connectivity index (χ1v) is 7.43. The zero-order valence-electron chi connectivity index (χ0n) is 9.99. The van der Waals surface area contributed by atoms with Crippen LogP contribution in [0.2, 0.25) is 0 Å². The van der Waals surface area contributed by atoms with E-state index < -0.39 is 20.6 Å². The van der Waals surface area contributed by atoms with Crippen LogP contribution < -0.4 is 0 Å². The standard InChI is InChI=1S/C11H16O4S2/c1-10(8-16(12)13)6-4-3-5-7-11(2)9-17(14)15/h3-7H2,1-2H3. The Morgan fingerprint density at radius 2 is 1.12 bits per heavy atom. The highest BCUT2D eigenvalue weighted by Crippen LogP contribution is 2.09. The molecule has 0 radical (unpaired) electrons. The van der Waals surface area contributed by atoms with Crippen molar-refractivity contribution >= 4 is 30.6 Å². The van der Waals surface area contributed by atoms with Gasteiger partial charge in [-0.3, -0.25) is 0 Å². The normalized spacial score (nSPS) is 9.06. The maximum absolute atomic E-state index is 10.3. The summed E-state index contributed by atoms with van der Waals surface area (Å²) in [5.41, 5.74) is 1.44. The van der Waals surface area contributed by atoms with Crippen LogP contribution in [0, 0.1) is 0 Å². The summed E-state index contributed by atoms with van der Waals surface area (Å²) in [5.74, 6) is 0. The molecule has 0 saturated heterocycles. The lowest BCUT2D eigenvalue weighted by Crippen LogP contribution is -1.84. The van der Waals surface area contributed by atoms with Crippen molar-refractivity contribution in [1.82, 2.24) is 0 Å². The SMILES string of the molecule is CC(=C=S(=O)=O)CCCCCC(C)=C=S(=O)=O. The van der Waals surface area contributed by atoms with Crippen LogP contribution in [0.4, 0.5) is 0 Å². The van der Waals surface area contributed by atoms with Gasteiger partial charge >= 0.3 is 0 Å². The average molecular weight is 276 g/mol. The summed E-state index contributed by atoms with van der Waals surface area (Å²) in [6.07, 6.45) is 4.09. The van der Waals surface area contributed by atoms with E-state index in [-0.39, 0.29) is 0 Å². The van der Waals surface area contributed by atoms with Gasteiger partial charge < -0.3 is 0 Å². The van der Waals surface area contributed by atoms with Crippen LogP contribution in [0.25, 0.3) is 0 Å². The minimum atomic E-state index is -2.24. The summed E-state index contributed by atoms with van der Waals surface area (Å²) in [6.45, 7) is 3.46. The van der Waals surface area contributed by atoms with Gasteiger partial charge in [0.05, 0.1) is 0 Å². The van der Waals surface area contributed by atoms with Gasteiger partial charge in [0.2, 0.25) is 0 Å². The third kappa shape index (κ3) is 11.2. The van der Waals surface area contributed by atoms with Gasteiger partial charge in [-0.05, 0) is 50.7 Å². The molecule has 4 nitrogen and oxygen atoms in total. The summed E-state index contributed by atoms with van der Waals surface area (Å²) in [5, 5.41) is 4.61. The van der Waals surface area contributed by atoms with E-state index in [4.69, 9.17) is 0 Å². The molecule has 0 amide bonds. The first-order chi connectivity index (χ1) is 7.91. The van der Waals surface area contributed by atoms with E-state index in [1.807, 2.05) is 0 Å². The van der Waals surface area contributed by atoms with Gasteiger partial charge in [-0.15, -0.1) is 0 Å². The van der Waals surface area contributed by atoms with Crippen molar-refractivity contribution in [1.29, 1.82) is 0 Å². The molecule has 17 heavy (non-hydrogen) atoms. The molecule has 0 rings (SSSR count). The van der Waals surface area contributed by atoms with Crippen molar-refractivity contribution in [3.8, 4) is 0 Å². The first-order valence-electron chi connectivity index (χ1n) is 5.28. The topological polar surface area (TPSA) is 68.3 Å². The summed E-state index contributed by atoms with van der Waals surface area (Å²) >= 11 is 0. The highest BCUT2D eigenvalue weighted by Gasteiger charge is 1.93. The van der Waals surface area contributed by atoms with E-state index in [9.17, 15) is 16.8 Å². The van der Waals surface area contributed by atoms with Gasteiger partial charge in [0.25, 0.3) is 20.6 Å². The molecule has 96 valence electrons. The lowest BCUT2D eigenvalue weighted by molar-refractivity contribution is 0.626. The minimum absolute atomic E-state index is 0.702. The van der Waals surface area contributed by atoms with E-state index >= 15 is 0 Å². The quantitative estimate of drug-likeness (QED) is 0.543. The predicted molar refractivity (Wildman–Crippen MR) is 69.3 cm³/mol. The fraction of sp³-hybridized carbons (Fsp3) is 0.636. The van der Waals surface area contributed by atoms with Gasteiger partial charge in [-0.25, -0.2) is 0 Å². The Kier molecular flexibility index (Phi) is 8.46. The summed E-state index contributed by atoms with van der Waals surface area (Å²) in [7, 11) is -4.47. The van der Waals surface area contributed by atoms with Crippen LogP contribution in [0.5, 0.6) is 0 Å². The smallest absolute Gasteiger partial charge is 0.176 e. The molecule has 0 atom stereocenters. The van der Waals surface area contributed by atoms with Crippen LogP contribution in [0.3, 0.4) is 0 Å². The third-order valence-corrected chi connectivity index (χ3v) is 3.15. The number of hydrogen-bond donors (Lipinski definition) is 0. The van der Waals surface area contributed by atoms with Gasteiger partial charge in [0.1, 0.15) is 0 Å². The van der Waals surface area contributed by atoms with Gasteiger partial charge in [0, 0.05) is 10.0 Å². The lowest BCUT2D eigenvalue weighted by Gasteiger charge is -1.99. The molecule has 0 aliphatic heterocycles. The summed E-state index contributed by atoms with van der Waals surface area (Å²) in [4.78, 5) is 0. The molecule has 0 bridgehead atoms. The number of rotatable bonds is 6. The van der Waals surface area contributed by atoms with Crippen molar-refractivity contribution in [2.45, 2.75) is 46.0 Å². The van der Waals surface area contributed by atoms with Crippen molar-refractivity contribution in [2.24, 2.45) is 0 Å². The molecule has 0 aromatic rings. The molecule has 0 aromatic carbocycles. The Balaban J connectivity index is 3.98. The number of hydrogen-bond acceptors (Lipinski definition) is 4. The largest absolute Gasteiger partial charge is 0.260 e. The fourth-order valence-electron chi connectivity index (χ4n) is 1.34. The Hall–Kier alpha value is -1.06. The molecular weight excluding hydrogens is 260 g/mol. The number of unbranched alkanes of at least 4 members (excludes halogenated alkanes) is 2. The second kappa shape index (κ2) is 9.02. The number of allylic oxidation sites excluding steroid dienone is 2. The van der Waals surface area contributed by atoms with Crippen molar-refractivity contribution < 1.29 is 16.8 Å². The molecule has 0 N–H and O–H groups in total. The Morgan fingerprint density at radius 1 is 0.765 bits per heavy atom. The Morgan fingerprint density at radius 3 is 1.41 bits per heavy atom. The first kappa shape index (κ1) is 15.9. The highest BCUT2D eigenvalue weighted by molar-refractivity contribution is 7.71. The molecule has 0 aromatic heterocycles. The Labute approximate surface area is 105 Å². The van der Waals surface area contributed by atoms with Crippen molar-refractivity contribution in [2.75, 3.05) is 0 Å². The average Bonchev–Trinajstić information content (AvgIpc) is 2.14. The molecule has 0 fully saturated rings. The van der Waals surface area contributed by atoms with Crippen LogP contribution >= 0.6 is 0 Å². The molecule has 6 heteroatoms. The molecule has 0 aliphatic carbocycles. The van der Waals surface area contributed by atoms with E-state index in [0.717, 1.165) is 30.4 Å². The molecule has 0 heterocycles. The van der Waals surface area contributed by atoms with Crippen LogP contribution in [-0.2, 0) is 20.6 Å². The minimum Gasteiger partial charge on any atom is -0.176 e. The molecule has 0 unspecified atom stereocenters. The van der Waals surface area contributed by atoms with E-state index in [2.05, 4.69) is 10.0 Å². The van der Waals surface area contributed by atoms with Crippen LogP contribution in [0.15, 0.2) is 11.1 Å². The molecule has 0 saturated carbocycles. The second-order valence-electron chi connectivity index (χ2n) is 3.79. The fourth-order valence-corrected chi connectivity index (χ4v) is 2.12. The van der Waals surface area contributed by atoms with E-state index in [1.165, 1.54) is 0 Å². The predicted octanol–water partition coefficient (Wildman–Crippen LogP) is 1.39. The van der Waals surface area contributed by atoms with Gasteiger partial charge in [0.15, 0.2) is 0 Å². The maximum Gasteiger partial charge on any atom is 0.260 e. The molecule has 0 spiro atoms. The van der Waals surface area contributed by atoms with E-state index in [0.29, 0.717) is 12.8 Å². The molecule has 0 aliphatic rings. The third-order valence-electron chi connectivity index (χ3n) is 2.12. The Bertz CT molecular complexity index is 511. The summed E-state index contributed by atoms with van der Waals surface area (Å²) in [6, 6.07) is 0. The zero-order valence-corrected chi connectivity index (χ0v) is 11.6. The molecular formula is C11H16O4S2. The van der Waals surface area contributed by atoms with Gasteiger partial charge in [-0.1, -0.05) is 6.42 Å². The van der Waals surface area contributed by atoms with E-state index in [1.54, 1.807) is 13.8 Å². The zero-order chi connectivity index (χ0) is 13.3. The maximum atomic E-state index is 10.3. The van der Waals surface area contributed by atoms with Gasteiger partial charge in [-0.2, -0.15) is 16.8 Å². The second-order valence-corrected chi connectivity index (χ2v) is 5.14. The van der Waals surface area contributed by atoms with Crippen molar-refractivity contribution in [3.63, 3.8) is 0 Å². The monoisotopic (exact) mass is 276 g/mol. The van der Waals surface area contributed by atoms with Crippen molar-refractivity contribution in [3.05, 3.63) is 11.1 Å². The lowest BCUT2D eigenvalue weighted by atomic mass is 10.1. The van der Waals surface area contributed by atoms with Crippen LogP contribution in [-0.4, -0.2) is 26.9 Å². The summed E-state index contributed by atoms with van der Waals surface area (Å²) < 4.78 is 41.2.